The Morgan fingerprint density at radius 3 is 1.57 bits per heavy atom. The van der Waals surface area contributed by atoms with Crippen LogP contribution in [-0.2, 0) is 48.6 Å². The third-order valence-electron chi connectivity index (χ3n) is 10.4. The number of benzene rings is 4. The van der Waals surface area contributed by atoms with E-state index in [0.717, 1.165) is 89.4 Å². The standard InChI is InChI=1S/C24H26ClN7O2.C23H25ClN2O3/c1-3-4-9-21-26-22(25)20(15-34-2)32(21)14-16-10-12-17(13-11-16)18-7-5-6-8-19(18)23(33)27-24-28-30-31-29-24;1-3-4-9-21-25-22(24)20(15-29-2)26(21)14-16-10-12-17(13-11-16)18-7-5-6-8-19(18)23(27)28/h5-8,10-13H,3-4,9,14-15H2,1-2H3,(H2,27,28,29,30,31,33);5-8,10-13H,3-4,9,14-15H2,1-2H3,(H,27,28). The van der Waals surface area contributed by atoms with Crippen LogP contribution in [0.3, 0.4) is 0 Å². The summed E-state index contributed by atoms with van der Waals surface area (Å²) >= 11 is 12.8. The van der Waals surface area contributed by atoms with E-state index in [4.69, 9.17) is 32.7 Å². The molecule has 0 fully saturated rings. The molecule has 7 rings (SSSR count). The quantitative estimate of drug-likeness (QED) is 0.0709. The lowest BCUT2D eigenvalue weighted by molar-refractivity contribution is 0.0697. The summed E-state index contributed by atoms with van der Waals surface area (Å²) in [6.45, 7) is 6.39. The molecular formula is C47H51Cl2N9O5. The summed E-state index contributed by atoms with van der Waals surface area (Å²) in [6.07, 6.45) is 5.98. The zero-order valence-corrected chi connectivity index (χ0v) is 37.3. The number of halogens is 2. The normalized spacial score (nSPS) is 11.0. The molecule has 0 bridgehead atoms. The van der Waals surface area contributed by atoms with Gasteiger partial charge in [0.2, 0.25) is 5.95 Å². The maximum atomic E-state index is 12.8. The van der Waals surface area contributed by atoms with Crippen LogP contribution in [0.4, 0.5) is 5.95 Å². The van der Waals surface area contributed by atoms with Gasteiger partial charge in [0, 0.05) is 45.7 Å². The molecule has 0 unspecified atom stereocenters. The van der Waals surface area contributed by atoms with Crippen LogP contribution >= 0.6 is 23.2 Å². The summed E-state index contributed by atoms with van der Waals surface area (Å²) in [7, 11) is 3.30. The number of hydrogen-bond acceptors (Lipinski definition) is 9. The number of tetrazole rings is 1. The van der Waals surface area contributed by atoms with Gasteiger partial charge >= 0.3 is 5.97 Å². The van der Waals surface area contributed by atoms with Gasteiger partial charge in [-0.15, -0.1) is 0 Å². The fourth-order valence-corrected chi connectivity index (χ4v) is 7.68. The summed E-state index contributed by atoms with van der Waals surface area (Å²) < 4.78 is 14.9. The van der Waals surface area contributed by atoms with E-state index in [1.807, 2.05) is 66.7 Å². The van der Waals surface area contributed by atoms with Gasteiger partial charge in [0.15, 0.2) is 10.3 Å². The van der Waals surface area contributed by atoms with Gasteiger partial charge in [-0.25, -0.2) is 19.9 Å². The minimum absolute atomic E-state index is 0.194. The lowest BCUT2D eigenvalue weighted by Gasteiger charge is -2.13. The molecule has 3 heterocycles. The molecule has 0 radical (unpaired) electrons. The molecule has 0 aliphatic carbocycles. The number of unbranched alkanes of at least 4 members (excludes halogenated alkanes) is 2. The smallest absolute Gasteiger partial charge is 0.336 e. The van der Waals surface area contributed by atoms with E-state index in [9.17, 15) is 14.7 Å². The second kappa shape index (κ2) is 22.8. The van der Waals surface area contributed by atoms with E-state index in [-0.39, 0.29) is 11.9 Å². The third-order valence-corrected chi connectivity index (χ3v) is 11.0. The SMILES string of the molecule is CCCCc1nc(Cl)c(COC)n1Cc1ccc(-c2ccccc2C(=O)Nc2nnn[nH]2)cc1.CCCCc1nc(Cl)c(COC)n1Cc1ccc(-c2ccccc2C(=O)O)cc1. The maximum absolute atomic E-state index is 12.8. The van der Waals surface area contributed by atoms with Crippen LogP contribution in [0.15, 0.2) is 97.1 Å². The van der Waals surface area contributed by atoms with E-state index in [1.165, 1.54) is 0 Å². The molecule has 0 spiro atoms. The molecule has 3 N–H and O–H groups in total. The summed E-state index contributed by atoms with van der Waals surface area (Å²) in [6, 6.07) is 30.5. The van der Waals surface area contributed by atoms with Crippen molar-refractivity contribution in [1.29, 1.82) is 0 Å². The van der Waals surface area contributed by atoms with Gasteiger partial charge in [0.05, 0.1) is 30.2 Å². The second-order valence-electron chi connectivity index (χ2n) is 14.8. The number of imidazole rings is 2. The fourth-order valence-electron chi connectivity index (χ4n) is 7.17. The van der Waals surface area contributed by atoms with E-state index >= 15 is 0 Å². The van der Waals surface area contributed by atoms with Crippen molar-refractivity contribution < 1.29 is 24.2 Å². The van der Waals surface area contributed by atoms with Crippen LogP contribution in [-0.4, -0.2) is 70.9 Å². The number of carbonyl (C=O) groups is 2. The number of amides is 1. The van der Waals surface area contributed by atoms with Crippen LogP contribution in [0, 0.1) is 0 Å². The van der Waals surface area contributed by atoms with Gasteiger partial charge in [0.1, 0.15) is 11.6 Å². The van der Waals surface area contributed by atoms with Gasteiger partial charge < -0.3 is 23.7 Å². The van der Waals surface area contributed by atoms with Crippen molar-refractivity contribution in [2.75, 3.05) is 19.5 Å². The minimum atomic E-state index is -0.928. The van der Waals surface area contributed by atoms with Crippen molar-refractivity contribution in [2.24, 2.45) is 0 Å². The Labute approximate surface area is 376 Å². The molecule has 0 aliphatic rings. The number of aromatic nitrogens is 8. The molecule has 7 aromatic rings. The van der Waals surface area contributed by atoms with Crippen LogP contribution < -0.4 is 5.32 Å². The number of ether oxygens (including phenoxy) is 2. The van der Waals surface area contributed by atoms with Crippen molar-refractivity contribution in [1.82, 2.24) is 39.7 Å². The first kappa shape index (κ1) is 46.3. The van der Waals surface area contributed by atoms with Gasteiger partial charge in [-0.1, -0.05) is 140 Å². The number of rotatable bonds is 19. The zero-order chi connectivity index (χ0) is 44.7. The van der Waals surface area contributed by atoms with E-state index in [2.05, 4.69) is 71.0 Å². The fraction of sp³-hybridized carbons (Fsp3) is 0.298. The third kappa shape index (κ3) is 11.8. The maximum Gasteiger partial charge on any atom is 0.336 e. The molecule has 0 saturated heterocycles. The Morgan fingerprint density at radius 2 is 1.14 bits per heavy atom. The Hall–Kier alpha value is -6.19. The van der Waals surface area contributed by atoms with Crippen LogP contribution in [0.1, 0.15) is 94.4 Å². The number of carbonyl (C=O) groups excluding carboxylic acids is 1. The molecule has 63 heavy (non-hydrogen) atoms. The van der Waals surface area contributed by atoms with Crippen molar-refractivity contribution in [2.45, 2.75) is 78.7 Å². The lowest BCUT2D eigenvalue weighted by atomic mass is 9.98. The van der Waals surface area contributed by atoms with Gasteiger partial charge in [0.25, 0.3) is 5.91 Å². The van der Waals surface area contributed by atoms with Gasteiger partial charge in [-0.3, -0.25) is 10.1 Å². The first-order valence-corrected chi connectivity index (χ1v) is 21.5. The van der Waals surface area contributed by atoms with Gasteiger partial charge in [-0.2, -0.15) is 0 Å². The van der Waals surface area contributed by atoms with E-state index in [1.54, 1.807) is 32.4 Å². The van der Waals surface area contributed by atoms with Gasteiger partial charge in [-0.05, 0) is 68.8 Å². The number of nitrogens with zero attached hydrogens (tertiary/aromatic N) is 7. The summed E-state index contributed by atoms with van der Waals surface area (Å²) in [5, 5.41) is 26.3. The predicted octanol–water partition coefficient (Wildman–Crippen LogP) is 9.95. The number of hydrogen-bond donors (Lipinski definition) is 3. The molecule has 0 atom stereocenters. The summed E-state index contributed by atoms with van der Waals surface area (Å²) in [5.41, 5.74) is 8.09. The number of nitrogens with one attached hydrogen (secondary N) is 2. The number of aromatic carboxylic acids is 1. The van der Waals surface area contributed by atoms with E-state index < -0.39 is 5.97 Å². The average molecular weight is 893 g/mol. The minimum Gasteiger partial charge on any atom is -0.478 e. The highest BCUT2D eigenvalue weighted by atomic mass is 35.5. The number of methoxy groups -OCH3 is 2. The molecule has 0 saturated carbocycles. The summed E-state index contributed by atoms with van der Waals surface area (Å²) in [5.74, 6) is 0.898. The predicted molar refractivity (Wildman–Crippen MR) is 244 cm³/mol. The molecule has 16 heteroatoms. The highest BCUT2D eigenvalue weighted by Crippen LogP contribution is 2.28. The number of aryl methyl sites for hydroxylation is 2. The highest BCUT2D eigenvalue weighted by molar-refractivity contribution is 6.30. The van der Waals surface area contributed by atoms with Crippen molar-refractivity contribution in [3.63, 3.8) is 0 Å². The highest BCUT2D eigenvalue weighted by Gasteiger charge is 2.19. The average Bonchev–Trinajstić information content (AvgIpc) is 4.00. The van der Waals surface area contributed by atoms with Crippen molar-refractivity contribution in [3.05, 3.63) is 153 Å². The number of carboxylic acids is 1. The van der Waals surface area contributed by atoms with Crippen molar-refractivity contribution >= 4 is 41.0 Å². The first-order valence-electron chi connectivity index (χ1n) is 20.8. The molecule has 0 aliphatic heterocycles. The number of aromatic amines is 1. The first-order chi connectivity index (χ1) is 30.6. The molecule has 1 amide bonds. The number of H-pyrrole nitrogens is 1. The van der Waals surface area contributed by atoms with Crippen LogP contribution in [0.25, 0.3) is 22.3 Å². The molecule has 328 valence electrons. The molecule has 14 nitrogen and oxygen atoms in total. The number of anilines is 1. The molecule has 4 aromatic carbocycles. The second-order valence-corrected chi connectivity index (χ2v) is 15.5. The van der Waals surface area contributed by atoms with Crippen molar-refractivity contribution in [3.8, 4) is 22.3 Å². The Bertz CT molecular complexity index is 2570. The molecule has 3 aromatic heterocycles. The largest absolute Gasteiger partial charge is 0.478 e. The topological polar surface area (TPSA) is 175 Å². The summed E-state index contributed by atoms with van der Waals surface area (Å²) in [4.78, 5) is 33.4. The number of carboxylic acid groups (broad SMARTS) is 1. The molecular weight excluding hydrogens is 841 g/mol. The zero-order valence-electron chi connectivity index (χ0n) is 35.8. The Balaban J connectivity index is 0.000000213. The monoisotopic (exact) mass is 891 g/mol. The Morgan fingerprint density at radius 1 is 0.683 bits per heavy atom. The van der Waals surface area contributed by atoms with Crippen LogP contribution in [0.5, 0.6) is 0 Å². The Kier molecular flexibility index (Phi) is 16.7. The van der Waals surface area contributed by atoms with E-state index in [0.29, 0.717) is 53.3 Å². The van der Waals surface area contributed by atoms with Crippen LogP contribution in [0.2, 0.25) is 10.3 Å². The lowest BCUT2D eigenvalue weighted by Crippen LogP contribution is -2.14.